The van der Waals surface area contributed by atoms with Gasteiger partial charge in [-0.15, -0.1) is 22.7 Å². The van der Waals surface area contributed by atoms with Crippen LogP contribution < -0.4 is 0 Å². The van der Waals surface area contributed by atoms with Gasteiger partial charge in [-0.25, -0.2) is 4.52 Å². The molecular formula is C31H17N3S2. The van der Waals surface area contributed by atoms with Crippen LogP contribution in [0.5, 0.6) is 0 Å². The highest BCUT2D eigenvalue weighted by Gasteiger charge is 2.20. The Labute approximate surface area is 213 Å². The van der Waals surface area contributed by atoms with Gasteiger partial charge in [0.25, 0.3) is 0 Å². The minimum Gasteiger partial charge on any atom is -0.299 e. The van der Waals surface area contributed by atoms with Crippen LogP contribution in [0.2, 0.25) is 0 Å². The number of hydrogen-bond acceptors (Lipinski definition) is 3. The molecule has 0 aliphatic rings. The maximum Gasteiger partial charge on any atom is 0.109 e. The Balaban J connectivity index is 1.46. The first kappa shape index (κ1) is 19.1. The lowest BCUT2D eigenvalue weighted by molar-refractivity contribution is 0.964. The zero-order valence-corrected chi connectivity index (χ0v) is 20.6. The Hall–Kier alpha value is -4.19. The van der Waals surface area contributed by atoms with Crippen molar-refractivity contribution in [3.8, 4) is 5.69 Å². The third-order valence-electron chi connectivity index (χ3n) is 7.35. The molecule has 5 heteroatoms. The number of hydrogen-bond donors (Lipinski definition) is 0. The molecule has 0 aliphatic heterocycles. The molecule has 0 amide bonds. The van der Waals surface area contributed by atoms with Gasteiger partial charge >= 0.3 is 0 Å². The molecule has 0 unspecified atom stereocenters. The van der Waals surface area contributed by atoms with Crippen molar-refractivity contribution in [2.24, 2.45) is 0 Å². The average Bonchev–Trinajstić information content (AvgIpc) is 3.64. The van der Waals surface area contributed by atoms with Crippen LogP contribution in [0.4, 0.5) is 0 Å². The predicted octanol–water partition coefficient (Wildman–Crippen LogP) is 9.17. The van der Waals surface area contributed by atoms with Gasteiger partial charge in [-0.2, -0.15) is 5.10 Å². The lowest BCUT2D eigenvalue weighted by Gasteiger charge is -2.08. The Morgan fingerprint density at radius 3 is 2.19 bits per heavy atom. The molecule has 9 rings (SSSR count). The van der Waals surface area contributed by atoms with E-state index < -0.39 is 0 Å². The van der Waals surface area contributed by atoms with Crippen LogP contribution in [0, 0.1) is 0 Å². The summed E-state index contributed by atoms with van der Waals surface area (Å²) in [5, 5.41) is 12.7. The molecule has 9 aromatic rings. The number of fused-ring (bicyclic) bond motifs is 11. The van der Waals surface area contributed by atoms with Crippen molar-refractivity contribution in [3.63, 3.8) is 0 Å². The maximum atomic E-state index is 4.88. The number of nitrogens with zero attached hydrogens (tertiary/aromatic N) is 3. The van der Waals surface area contributed by atoms with Crippen LogP contribution in [0.3, 0.4) is 0 Å². The molecule has 4 aromatic carbocycles. The molecule has 0 N–H and O–H groups in total. The molecule has 0 saturated heterocycles. The van der Waals surface area contributed by atoms with Gasteiger partial charge in [0, 0.05) is 46.4 Å². The fraction of sp³-hybridized carbons (Fsp3) is 0. The first-order valence-corrected chi connectivity index (χ1v) is 13.6. The van der Waals surface area contributed by atoms with Crippen LogP contribution in [0.15, 0.2) is 103 Å². The van der Waals surface area contributed by atoms with Gasteiger partial charge in [-0.05, 0) is 42.5 Å². The summed E-state index contributed by atoms with van der Waals surface area (Å²) < 4.78 is 8.46. The second-order valence-electron chi connectivity index (χ2n) is 9.31. The van der Waals surface area contributed by atoms with E-state index in [9.17, 15) is 0 Å². The van der Waals surface area contributed by atoms with E-state index in [4.69, 9.17) is 5.10 Å². The largest absolute Gasteiger partial charge is 0.299 e. The number of aromatic nitrogens is 3. The summed E-state index contributed by atoms with van der Waals surface area (Å²) in [6.45, 7) is 0. The van der Waals surface area contributed by atoms with E-state index in [0.29, 0.717) is 0 Å². The molecule has 0 bridgehead atoms. The summed E-state index contributed by atoms with van der Waals surface area (Å²) in [5.74, 6) is 0. The molecule has 5 heterocycles. The van der Waals surface area contributed by atoms with Gasteiger partial charge in [0.05, 0.1) is 28.4 Å². The van der Waals surface area contributed by atoms with Crippen molar-refractivity contribution >= 4 is 90.5 Å². The van der Waals surface area contributed by atoms with Crippen LogP contribution in [-0.2, 0) is 0 Å². The van der Waals surface area contributed by atoms with Crippen molar-refractivity contribution in [1.29, 1.82) is 0 Å². The summed E-state index contributed by atoms with van der Waals surface area (Å²) in [5.41, 5.74) is 4.52. The Bertz CT molecular complexity index is 2330. The van der Waals surface area contributed by atoms with Gasteiger partial charge in [-0.1, -0.05) is 54.6 Å². The lowest BCUT2D eigenvalue weighted by atomic mass is 10.1. The normalized spacial score (nSPS) is 12.4. The second-order valence-corrected chi connectivity index (χ2v) is 11.4. The Morgan fingerprint density at radius 2 is 1.31 bits per heavy atom. The Morgan fingerprint density at radius 1 is 0.556 bits per heavy atom. The molecule has 0 saturated carbocycles. The lowest BCUT2D eigenvalue weighted by Crippen LogP contribution is -1.96. The highest BCUT2D eigenvalue weighted by molar-refractivity contribution is 7.26. The molecule has 0 fully saturated rings. The summed E-state index contributed by atoms with van der Waals surface area (Å²) in [4.78, 5) is 1.28. The fourth-order valence-corrected chi connectivity index (χ4v) is 8.14. The number of thiophene rings is 2. The smallest absolute Gasteiger partial charge is 0.109 e. The standard InChI is InChI=1S/C31H17N3S2/c1-4-10-24-20(8-1)25-14-13-18(17-33(25)32-24)34-26-15-22-19-7-2-5-11-27(19)35-29(22)16-23(26)30-21-9-3-6-12-28(21)36-31(30)34/h1-17H. The molecule has 0 spiro atoms. The predicted molar refractivity (Wildman–Crippen MR) is 155 cm³/mol. The van der Waals surface area contributed by atoms with E-state index >= 15 is 0 Å². The van der Waals surface area contributed by atoms with E-state index in [0.717, 1.165) is 16.7 Å². The van der Waals surface area contributed by atoms with Gasteiger partial charge in [0.1, 0.15) is 4.83 Å². The number of benzene rings is 4. The monoisotopic (exact) mass is 495 g/mol. The van der Waals surface area contributed by atoms with Crippen LogP contribution in [-0.4, -0.2) is 14.2 Å². The van der Waals surface area contributed by atoms with Crippen LogP contribution >= 0.6 is 22.7 Å². The summed E-state index contributed by atoms with van der Waals surface area (Å²) in [6.07, 6.45) is 2.18. The van der Waals surface area contributed by atoms with Crippen molar-refractivity contribution in [2.75, 3.05) is 0 Å². The van der Waals surface area contributed by atoms with E-state index in [2.05, 4.69) is 102 Å². The van der Waals surface area contributed by atoms with Crippen LogP contribution in [0.1, 0.15) is 0 Å². The quantitative estimate of drug-likeness (QED) is 0.222. The third-order valence-corrected chi connectivity index (χ3v) is 9.64. The zero-order valence-electron chi connectivity index (χ0n) is 19.0. The molecule has 3 nitrogen and oxygen atoms in total. The molecule has 0 aliphatic carbocycles. The first-order valence-electron chi connectivity index (χ1n) is 12.0. The summed E-state index contributed by atoms with van der Waals surface area (Å²) in [6, 6.07) is 35.1. The van der Waals surface area contributed by atoms with Crippen molar-refractivity contribution in [1.82, 2.24) is 14.2 Å². The first-order chi connectivity index (χ1) is 17.8. The molecule has 0 radical (unpaired) electrons. The molecule has 36 heavy (non-hydrogen) atoms. The Kier molecular flexibility index (Phi) is 3.56. The van der Waals surface area contributed by atoms with Gasteiger partial charge in [0.15, 0.2) is 0 Å². The van der Waals surface area contributed by atoms with Crippen molar-refractivity contribution in [2.45, 2.75) is 0 Å². The zero-order chi connectivity index (χ0) is 23.4. The highest BCUT2D eigenvalue weighted by atomic mass is 32.1. The second kappa shape index (κ2) is 6.72. The van der Waals surface area contributed by atoms with Crippen molar-refractivity contribution in [3.05, 3.63) is 103 Å². The maximum absolute atomic E-state index is 4.88. The van der Waals surface area contributed by atoms with Crippen LogP contribution in [0.25, 0.3) is 73.5 Å². The number of pyridine rings is 1. The fourth-order valence-electron chi connectivity index (χ4n) is 5.76. The van der Waals surface area contributed by atoms with Gasteiger partial charge in [-0.3, -0.25) is 4.57 Å². The van der Waals surface area contributed by atoms with Gasteiger partial charge < -0.3 is 0 Å². The molecular weight excluding hydrogens is 478 g/mol. The average molecular weight is 496 g/mol. The molecule has 0 atom stereocenters. The molecule has 168 valence electrons. The van der Waals surface area contributed by atoms with E-state index in [1.54, 1.807) is 0 Å². The molecule has 5 aromatic heterocycles. The van der Waals surface area contributed by atoms with Gasteiger partial charge in [0.2, 0.25) is 0 Å². The summed E-state index contributed by atoms with van der Waals surface area (Å²) >= 11 is 3.75. The highest BCUT2D eigenvalue weighted by Crippen LogP contribution is 2.45. The minimum atomic E-state index is 1.02. The minimum absolute atomic E-state index is 1.02. The third kappa shape index (κ3) is 2.39. The van der Waals surface area contributed by atoms with E-state index in [1.807, 2.05) is 33.3 Å². The topological polar surface area (TPSA) is 22.2 Å². The summed E-state index contributed by atoms with van der Waals surface area (Å²) in [7, 11) is 0. The SMILES string of the molecule is c1ccc2c(c1)nn1cc(-n3c4cc5c(cc4c4c6ccccc6sc43)sc3ccccc35)ccc21. The van der Waals surface area contributed by atoms with E-state index in [-0.39, 0.29) is 0 Å². The van der Waals surface area contributed by atoms with Crippen molar-refractivity contribution < 1.29 is 0 Å². The van der Waals surface area contributed by atoms with E-state index in [1.165, 1.54) is 56.8 Å². The number of rotatable bonds is 1.